The SMILES string of the molecule is C#C[C@H](NC(=O)OC(C)(C)C)C1CO1. The minimum atomic E-state index is -0.506. The summed E-state index contributed by atoms with van der Waals surface area (Å²) in [5.41, 5.74) is -0.506. The highest BCUT2D eigenvalue weighted by Crippen LogP contribution is 2.14. The van der Waals surface area contributed by atoms with Crippen LogP contribution in [0.1, 0.15) is 20.8 Å². The van der Waals surface area contributed by atoms with Gasteiger partial charge in [-0.2, -0.15) is 0 Å². The van der Waals surface area contributed by atoms with Crippen LogP contribution in [0.4, 0.5) is 4.79 Å². The molecule has 0 aromatic rings. The molecule has 1 rings (SSSR count). The van der Waals surface area contributed by atoms with Crippen LogP contribution in [0.25, 0.3) is 0 Å². The lowest BCUT2D eigenvalue weighted by molar-refractivity contribution is 0.0509. The van der Waals surface area contributed by atoms with E-state index in [0.717, 1.165) is 0 Å². The molecular formula is C10H15NO3. The monoisotopic (exact) mass is 197 g/mol. The number of hydrogen-bond donors (Lipinski definition) is 1. The van der Waals surface area contributed by atoms with Crippen LogP contribution in [0.2, 0.25) is 0 Å². The summed E-state index contributed by atoms with van der Waals surface area (Å²) in [4.78, 5) is 11.3. The van der Waals surface area contributed by atoms with E-state index in [1.54, 1.807) is 20.8 Å². The van der Waals surface area contributed by atoms with Gasteiger partial charge in [0.2, 0.25) is 0 Å². The molecule has 78 valence electrons. The Balaban J connectivity index is 2.36. The summed E-state index contributed by atoms with van der Waals surface area (Å²) in [6, 6.07) is -0.384. The summed E-state index contributed by atoms with van der Waals surface area (Å²) in [5.74, 6) is 2.44. The molecule has 1 amide bonds. The lowest BCUT2D eigenvalue weighted by atomic mass is 10.2. The van der Waals surface area contributed by atoms with Gasteiger partial charge in [-0.1, -0.05) is 5.92 Å². The zero-order valence-corrected chi connectivity index (χ0v) is 8.66. The molecular weight excluding hydrogens is 182 g/mol. The number of hydrogen-bond acceptors (Lipinski definition) is 3. The first-order valence-corrected chi connectivity index (χ1v) is 4.49. The van der Waals surface area contributed by atoms with Gasteiger partial charge >= 0.3 is 6.09 Å². The second-order valence-corrected chi connectivity index (χ2v) is 4.16. The Hall–Kier alpha value is -1.21. The fourth-order valence-corrected chi connectivity index (χ4v) is 0.924. The van der Waals surface area contributed by atoms with Crippen LogP contribution in [0, 0.1) is 12.3 Å². The largest absolute Gasteiger partial charge is 0.444 e. The number of nitrogens with one attached hydrogen (secondary N) is 1. The molecule has 0 saturated carbocycles. The van der Waals surface area contributed by atoms with Crippen LogP contribution >= 0.6 is 0 Å². The minimum absolute atomic E-state index is 0.0486. The van der Waals surface area contributed by atoms with E-state index in [2.05, 4.69) is 11.2 Å². The van der Waals surface area contributed by atoms with Gasteiger partial charge in [0, 0.05) is 0 Å². The molecule has 0 aliphatic carbocycles. The van der Waals surface area contributed by atoms with Gasteiger partial charge in [0.15, 0.2) is 0 Å². The van der Waals surface area contributed by atoms with E-state index in [1.807, 2.05) is 0 Å². The highest BCUT2D eigenvalue weighted by atomic mass is 16.6. The normalized spacial score (nSPS) is 22.0. The Morgan fingerprint density at radius 2 is 2.29 bits per heavy atom. The molecule has 0 aromatic heterocycles. The van der Waals surface area contributed by atoms with Crippen LogP contribution in [-0.4, -0.2) is 30.4 Å². The summed E-state index contributed by atoms with van der Waals surface area (Å²) < 4.78 is 10.0. The molecule has 1 aliphatic heterocycles. The average Bonchev–Trinajstić information content (AvgIpc) is 2.78. The summed E-state index contributed by atoms with van der Waals surface area (Å²) in [5, 5.41) is 2.56. The highest BCUT2D eigenvalue weighted by Gasteiger charge is 2.33. The maximum Gasteiger partial charge on any atom is 0.408 e. The molecule has 0 bridgehead atoms. The van der Waals surface area contributed by atoms with Crippen molar-refractivity contribution in [3.05, 3.63) is 0 Å². The lowest BCUT2D eigenvalue weighted by Gasteiger charge is -2.21. The van der Waals surface area contributed by atoms with E-state index < -0.39 is 11.7 Å². The van der Waals surface area contributed by atoms with E-state index in [4.69, 9.17) is 15.9 Å². The van der Waals surface area contributed by atoms with E-state index in [1.165, 1.54) is 0 Å². The van der Waals surface area contributed by atoms with Crippen LogP contribution < -0.4 is 5.32 Å². The zero-order chi connectivity index (χ0) is 10.8. The fraction of sp³-hybridized carbons (Fsp3) is 0.700. The Morgan fingerprint density at radius 3 is 2.64 bits per heavy atom. The quantitative estimate of drug-likeness (QED) is 0.529. The van der Waals surface area contributed by atoms with Gasteiger partial charge in [-0.15, -0.1) is 6.42 Å². The van der Waals surface area contributed by atoms with Crippen LogP contribution in [0.5, 0.6) is 0 Å². The van der Waals surface area contributed by atoms with Gasteiger partial charge in [-0.3, -0.25) is 0 Å². The van der Waals surface area contributed by atoms with Crippen molar-refractivity contribution in [1.82, 2.24) is 5.32 Å². The van der Waals surface area contributed by atoms with Crippen molar-refractivity contribution in [1.29, 1.82) is 0 Å². The third-order valence-corrected chi connectivity index (χ3v) is 1.58. The number of terminal acetylenes is 1. The van der Waals surface area contributed by atoms with Crippen molar-refractivity contribution in [2.45, 2.75) is 38.5 Å². The van der Waals surface area contributed by atoms with E-state index in [9.17, 15) is 4.79 Å². The molecule has 4 heteroatoms. The van der Waals surface area contributed by atoms with E-state index in [0.29, 0.717) is 6.61 Å². The predicted molar refractivity (Wildman–Crippen MR) is 51.7 cm³/mol. The van der Waals surface area contributed by atoms with Crippen molar-refractivity contribution in [2.75, 3.05) is 6.61 Å². The van der Waals surface area contributed by atoms with E-state index in [-0.39, 0.29) is 12.1 Å². The summed E-state index contributed by atoms with van der Waals surface area (Å²) in [6.45, 7) is 5.99. The third-order valence-electron chi connectivity index (χ3n) is 1.58. The van der Waals surface area contributed by atoms with Gasteiger partial charge < -0.3 is 14.8 Å². The minimum Gasteiger partial charge on any atom is -0.444 e. The number of alkyl carbamates (subject to hydrolysis) is 1. The Labute approximate surface area is 84.0 Å². The fourth-order valence-electron chi connectivity index (χ4n) is 0.924. The molecule has 14 heavy (non-hydrogen) atoms. The van der Waals surface area contributed by atoms with E-state index >= 15 is 0 Å². The van der Waals surface area contributed by atoms with Gasteiger partial charge in [-0.05, 0) is 20.8 Å². The lowest BCUT2D eigenvalue weighted by Crippen LogP contribution is -2.41. The maximum absolute atomic E-state index is 11.3. The van der Waals surface area contributed by atoms with Gasteiger partial charge in [0.25, 0.3) is 0 Å². The molecule has 1 saturated heterocycles. The molecule has 2 atom stereocenters. The predicted octanol–water partition coefficient (Wildman–Crippen LogP) is 0.912. The first-order chi connectivity index (χ1) is 6.42. The van der Waals surface area contributed by atoms with Gasteiger partial charge in [-0.25, -0.2) is 4.79 Å². The van der Waals surface area contributed by atoms with Crippen molar-refractivity contribution in [3.8, 4) is 12.3 Å². The molecule has 0 aromatic carbocycles. The number of ether oxygens (including phenoxy) is 2. The molecule has 4 nitrogen and oxygen atoms in total. The summed E-state index contributed by atoms with van der Waals surface area (Å²) in [7, 11) is 0. The van der Waals surface area contributed by atoms with Gasteiger partial charge in [0.05, 0.1) is 6.61 Å². The second kappa shape index (κ2) is 3.89. The molecule has 1 heterocycles. The summed E-state index contributed by atoms with van der Waals surface area (Å²) >= 11 is 0. The number of carbonyl (C=O) groups excluding carboxylic acids is 1. The summed E-state index contributed by atoms with van der Waals surface area (Å²) in [6.07, 6.45) is 4.67. The number of epoxide rings is 1. The maximum atomic E-state index is 11.3. The van der Waals surface area contributed by atoms with Crippen molar-refractivity contribution >= 4 is 6.09 Å². The Kier molecular flexibility index (Phi) is 3.02. The van der Waals surface area contributed by atoms with Crippen LogP contribution in [0.3, 0.4) is 0 Å². The highest BCUT2D eigenvalue weighted by molar-refractivity contribution is 5.68. The number of carbonyl (C=O) groups is 1. The van der Waals surface area contributed by atoms with Crippen LogP contribution in [-0.2, 0) is 9.47 Å². The first kappa shape index (κ1) is 10.9. The second-order valence-electron chi connectivity index (χ2n) is 4.16. The average molecular weight is 197 g/mol. The van der Waals surface area contributed by atoms with Crippen molar-refractivity contribution in [3.63, 3.8) is 0 Å². The topological polar surface area (TPSA) is 50.9 Å². The van der Waals surface area contributed by atoms with Crippen molar-refractivity contribution < 1.29 is 14.3 Å². The smallest absolute Gasteiger partial charge is 0.408 e. The molecule has 1 aliphatic rings. The molecule has 1 N–H and O–H groups in total. The molecule has 0 spiro atoms. The molecule has 0 radical (unpaired) electrons. The third kappa shape index (κ3) is 3.67. The number of rotatable bonds is 2. The zero-order valence-electron chi connectivity index (χ0n) is 8.66. The number of amides is 1. The Bertz CT molecular complexity index is 258. The van der Waals surface area contributed by atoms with Crippen LogP contribution in [0.15, 0.2) is 0 Å². The standard InChI is InChI=1S/C10H15NO3/c1-5-7(8-6-13-8)11-9(12)14-10(2,3)4/h1,7-8H,6H2,2-4H3,(H,11,12)/t7-,8?/m0/s1. The Morgan fingerprint density at radius 1 is 1.71 bits per heavy atom. The van der Waals surface area contributed by atoms with Crippen molar-refractivity contribution in [2.24, 2.45) is 0 Å². The molecule has 1 fully saturated rings. The first-order valence-electron chi connectivity index (χ1n) is 4.49. The molecule has 1 unspecified atom stereocenters. The van der Waals surface area contributed by atoms with Gasteiger partial charge in [0.1, 0.15) is 17.7 Å².